The van der Waals surface area contributed by atoms with Gasteiger partial charge in [-0.1, -0.05) is 30.3 Å². The summed E-state index contributed by atoms with van der Waals surface area (Å²) in [6, 6.07) is 23.3. The Morgan fingerprint density at radius 3 is 2.18 bits per heavy atom. The van der Waals surface area contributed by atoms with Gasteiger partial charge in [0.25, 0.3) is 0 Å². The lowest BCUT2D eigenvalue weighted by Gasteiger charge is -2.23. The Labute approximate surface area is 264 Å². The number of fused-ring (bicyclic) bond motifs is 2. The normalized spacial score (nSPS) is 10.9. The molecule has 0 aliphatic carbocycles. The molecule has 0 atom stereocenters. The van der Waals surface area contributed by atoms with Crippen molar-refractivity contribution in [3.8, 4) is 5.75 Å². The molecule has 0 saturated heterocycles. The van der Waals surface area contributed by atoms with Crippen molar-refractivity contribution < 1.29 is 19.4 Å². The number of benzene rings is 4. The minimum atomic E-state index is -1.08. The number of nitrogens with one attached hydrogen (secondary N) is 3. The van der Waals surface area contributed by atoms with Crippen LogP contribution in [0.3, 0.4) is 0 Å². The number of hydrogen-bond donors (Lipinski definition) is 4. The Kier molecular flexibility index (Phi) is 9.57. The van der Waals surface area contributed by atoms with Crippen LogP contribution in [-0.4, -0.2) is 54.1 Å². The van der Waals surface area contributed by atoms with E-state index in [9.17, 15) is 14.7 Å². The molecule has 4 aromatic carbocycles. The average molecular weight is 633 g/mol. The number of anilines is 5. The molecule has 0 radical (unpaired) electrons. The van der Waals surface area contributed by atoms with Crippen molar-refractivity contribution >= 4 is 85.4 Å². The summed E-state index contributed by atoms with van der Waals surface area (Å²) in [6.45, 7) is 3.24. The van der Waals surface area contributed by atoms with E-state index >= 15 is 0 Å². The minimum Gasteiger partial charge on any atom is -0.494 e. The number of para-hydroxylation sites is 2. The highest BCUT2D eigenvalue weighted by Crippen LogP contribution is 2.38. The number of carboxylic acid groups (broad SMARTS) is 1. The molecule has 44 heavy (non-hydrogen) atoms. The third kappa shape index (κ3) is 6.59. The van der Waals surface area contributed by atoms with Gasteiger partial charge in [0, 0.05) is 58.4 Å². The number of pyridine rings is 1. The summed E-state index contributed by atoms with van der Waals surface area (Å²) in [5, 5.41) is 20.5. The second-order valence-electron chi connectivity index (χ2n) is 10.00. The van der Waals surface area contributed by atoms with Gasteiger partial charge in [-0.05, 0) is 61.0 Å². The molecule has 0 bridgehead atoms. The van der Waals surface area contributed by atoms with Gasteiger partial charge in [-0.15, -0.1) is 23.2 Å². The van der Waals surface area contributed by atoms with Crippen LogP contribution in [0.4, 0.5) is 33.2 Å². The van der Waals surface area contributed by atoms with Crippen LogP contribution in [-0.2, 0) is 0 Å². The second-order valence-corrected chi connectivity index (χ2v) is 10.8. The fourth-order valence-corrected chi connectivity index (χ4v) is 5.44. The van der Waals surface area contributed by atoms with Gasteiger partial charge >= 0.3 is 12.0 Å². The molecule has 0 unspecified atom stereocenters. The van der Waals surface area contributed by atoms with Crippen molar-refractivity contribution in [2.75, 3.05) is 52.8 Å². The third-order valence-corrected chi connectivity index (χ3v) is 7.54. The van der Waals surface area contributed by atoms with E-state index in [0.29, 0.717) is 69.8 Å². The van der Waals surface area contributed by atoms with E-state index in [2.05, 4.69) is 20.9 Å². The number of halogens is 2. The molecule has 4 N–H and O–H groups in total. The number of aromatic carboxylic acids is 1. The van der Waals surface area contributed by atoms with E-state index in [1.54, 1.807) is 19.2 Å². The lowest BCUT2D eigenvalue weighted by molar-refractivity contribution is 0.0699. The average Bonchev–Trinajstić information content (AvgIpc) is 3.02. The molecule has 2 amide bonds. The first-order valence-corrected chi connectivity index (χ1v) is 14.9. The Morgan fingerprint density at radius 2 is 1.52 bits per heavy atom. The number of nitrogens with zero attached hydrogens (tertiary/aromatic N) is 2. The number of aryl methyl sites for hydroxylation is 1. The van der Waals surface area contributed by atoms with Gasteiger partial charge in [-0.2, -0.15) is 0 Å². The number of amides is 2. The van der Waals surface area contributed by atoms with Crippen LogP contribution in [0, 0.1) is 6.92 Å². The summed E-state index contributed by atoms with van der Waals surface area (Å²) in [5.74, 6) is 0.415. The summed E-state index contributed by atoms with van der Waals surface area (Å²) in [4.78, 5) is 31.8. The van der Waals surface area contributed by atoms with Crippen LogP contribution in [0.25, 0.3) is 21.8 Å². The maximum atomic E-state index is 13.0. The number of carbonyl (C=O) groups is 2. The van der Waals surface area contributed by atoms with Gasteiger partial charge in [-0.3, -0.25) is 0 Å². The number of rotatable bonds is 11. The highest BCUT2D eigenvalue weighted by atomic mass is 35.5. The van der Waals surface area contributed by atoms with Gasteiger partial charge in [-0.25, -0.2) is 14.6 Å². The van der Waals surface area contributed by atoms with Crippen molar-refractivity contribution in [2.45, 2.75) is 6.92 Å². The highest BCUT2D eigenvalue weighted by Gasteiger charge is 2.18. The zero-order chi connectivity index (χ0) is 31.2. The molecule has 0 aliphatic heterocycles. The Balaban J connectivity index is 1.42. The van der Waals surface area contributed by atoms with E-state index in [1.807, 2.05) is 67.6 Å². The molecule has 0 fully saturated rings. The molecule has 5 rings (SSSR count). The number of alkyl halides is 2. The van der Waals surface area contributed by atoms with Gasteiger partial charge in [0.05, 0.1) is 23.9 Å². The van der Waals surface area contributed by atoms with Gasteiger partial charge in [0.15, 0.2) is 0 Å². The number of hydrogen-bond acceptors (Lipinski definition) is 6. The highest BCUT2D eigenvalue weighted by molar-refractivity contribution is 6.18. The summed E-state index contributed by atoms with van der Waals surface area (Å²) in [7, 11) is 1.55. The predicted octanol–water partition coefficient (Wildman–Crippen LogP) is 8.07. The molecule has 1 aromatic heterocycles. The van der Waals surface area contributed by atoms with E-state index < -0.39 is 12.0 Å². The van der Waals surface area contributed by atoms with Crippen molar-refractivity contribution in [3.05, 3.63) is 90.0 Å². The van der Waals surface area contributed by atoms with Crippen molar-refractivity contribution in [1.29, 1.82) is 0 Å². The molecule has 5 aromatic rings. The van der Waals surface area contributed by atoms with Gasteiger partial charge < -0.3 is 30.7 Å². The number of carbonyl (C=O) groups excluding carboxylic acids is 1. The zero-order valence-electron chi connectivity index (χ0n) is 24.2. The molecule has 11 heteroatoms. The van der Waals surface area contributed by atoms with E-state index in [-0.39, 0.29) is 5.56 Å². The largest absolute Gasteiger partial charge is 0.494 e. The zero-order valence-corrected chi connectivity index (χ0v) is 25.7. The first kappa shape index (κ1) is 30.7. The summed E-state index contributed by atoms with van der Waals surface area (Å²) in [6.07, 6.45) is 0. The lowest BCUT2D eigenvalue weighted by atomic mass is 10.0. The number of ether oxygens (including phenoxy) is 1. The Morgan fingerprint density at radius 1 is 0.864 bits per heavy atom. The predicted molar refractivity (Wildman–Crippen MR) is 180 cm³/mol. The number of aromatic nitrogens is 1. The first-order valence-electron chi connectivity index (χ1n) is 13.9. The standard InChI is InChI=1S/C33H31Cl2N5O4/c1-20-9-10-22(19-27(20)38-33(43)37-21-11-13-23(14-12-21)40(17-15-34)18-16-35)36-29-24-5-3-7-26(32(41)42)30(24)39-31-25(29)6-4-8-28(31)44-2/h3-14,19H,15-18H2,1-2H3,(H,36,39)(H,41,42)(H2,37,38,43). The number of urea groups is 1. The number of methoxy groups -OCH3 is 1. The monoisotopic (exact) mass is 631 g/mol. The molecule has 0 aliphatic rings. The lowest BCUT2D eigenvalue weighted by Crippen LogP contribution is -2.27. The Bertz CT molecular complexity index is 1830. The molecular formula is C33H31Cl2N5O4. The van der Waals surface area contributed by atoms with Gasteiger partial charge in [0.1, 0.15) is 11.3 Å². The molecular weight excluding hydrogens is 601 g/mol. The second kappa shape index (κ2) is 13.7. The van der Waals surface area contributed by atoms with Crippen molar-refractivity contribution in [2.24, 2.45) is 0 Å². The summed E-state index contributed by atoms with van der Waals surface area (Å²) in [5.41, 5.74) is 5.37. The maximum absolute atomic E-state index is 13.0. The van der Waals surface area contributed by atoms with Crippen LogP contribution in [0.5, 0.6) is 5.75 Å². The maximum Gasteiger partial charge on any atom is 0.337 e. The minimum absolute atomic E-state index is 0.0834. The molecule has 9 nitrogen and oxygen atoms in total. The van der Waals surface area contributed by atoms with Crippen LogP contribution in [0.15, 0.2) is 78.9 Å². The fraction of sp³-hybridized carbons (Fsp3) is 0.182. The first-order chi connectivity index (χ1) is 21.3. The number of carboxylic acids is 1. The molecule has 0 saturated carbocycles. The van der Waals surface area contributed by atoms with E-state index in [4.69, 9.17) is 32.9 Å². The van der Waals surface area contributed by atoms with Crippen LogP contribution < -0.4 is 25.6 Å². The smallest absolute Gasteiger partial charge is 0.337 e. The van der Waals surface area contributed by atoms with E-state index in [0.717, 1.165) is 16.6 Å². The quantitative estimate of drug-likeness (QED) is 0.0860. The topological polar surface area (TPSA) is 116 Å². The molecule has 226 valence electrons. The van der Waals surface area contributed by atoms with Crippen molar-refractivity contribution in [3.63, 3.8) is 0 Å². The molecule has 0 spiro atoms. The summed E-state index contributed by atoms with van der Waals surface area (Å²) >= 11 is 11.9. The molecule has 1 heterocycles. The van der Waals surface area contributed by atoms with Crippen LogP contribution in [0.2, 0.25) is 0 Å². The fourth-order valence-electron chi connectivity index (χ4n) is 5.03. The van der Waals surface area contributed by atoms with Crippen LogP contribution in [0.1, 0.15) is 15.9 Å². The Hall–Kier alpha value is -4.73. The van der Waals surface area contributed by atoms with Gasteiger partial charge in [0.2, 0.25) is 0 Å². The third-order valence-electron chi connectivity index (χ3n) is 7.20. The van der Waals surface area contributed by atoms with Crippen molar-refractivity contribution in [1.82, 2.24) is 4.98 Å². The van der Waals surface area contributed by atoms with Crippen LogP contribution >= 0.6 is 23.2 Å². The van der Waals surface area contributed by atoms with E-state index in [1.165, 1.54) is 6.07 Å². The summed E-state index contributed by atoms with van der Waals surface area (Å²) < 4.78 is 5.54. The SMILES string of the molecule is COc1cccc2c(Nc3ccc(C)c(NC(=O)Nc4ccc(N(CCCl)CCCl)cc4)c3)c3cccc(C(=O)O)c3nc12.